The fourth-order valence-corrected chi connectivity index (χ4v) is 3.66. The molecule has 2 N–H and O–H groups in total. The zero-order valence-corrected chi connectivity index (χ0v) is 16.1. The Morgan fingerprint density at radius 1 is 1.15 bits per heavy atom. The predicted molar refractivity (Wildman–Crippen MR) is 103 cm³/mol. The number of hydrogen-bond donors (Lipinski definition) is 2. The molecule has 6 nitrogen and oxygen atoms in total. The first-order valence-electron chi connectivity index (χ1n) is 9.30. The molecule has 0 bridgehead atoms. The van der Waals surface area contributed by atoms with Crippen LogP contribution in [0.4, 0.5) is 5.69 Å². The minimum absolute atomic E-state index is 0.178. The smallest absolute Gasteiger partial charge is 0.340 e. The van der Waals surface area contributed by atoms with Crippen LogP contribution in [0.3, 0.4) is 0 Å². The van der Waals surface area contributed by atoms with Crippen LogP contribution in [0.1, 0.15) is 56.1 Å². The van der Waals surface area contributed by atoms with Gasteiger partial charge in [-0.25, -0.2) is 4.79 Å². The number of anilines is 1. The average molecular weight is 370 g/mol. The summed E-state index contributed by atoms with van der Waals surface area (Å²) >= 11 is 0. The fourth-order valence-electron chi connectivity index (χ4n) is 3.66. The molecule has 2 aromatic rings. The summed E-state index contributed by atoms with van der Waals surface area (Å²) in [5, 5.41) is 3.02. The van der Waals surface area contributed by atoms with Crippen molar-refractivity contribution in [3.63, 3.8) is 0 Å². The summed E-state index contributed by atoms with van der Waals surface area (Å²) in [6.07, 6.45) is 4.36. The summed E-state index contributed by atoms with van der Waals surface area (Å²) < 4.78 is 10.1. The molecule has 0 aliphatic heterocycles. The van der Waals surface area contributed by atoms with Gasteiger partial charge in [0.1, 0.15) is 12.3 Å². The Labute approximate surface area is 159 Å². The van der Waals surface area contributed by atoms with Gasteiger partial charge in [-0.15, -0.1) is 0 Å². The highest BCUT2D eigenvalue weighted by atomic mass is 16.6. The SMILES string of the molecule is COCCOC(=O)c1c(C)[nH]c(C(=O)Nc2cccc3c2CCCC3)c1C. The van der Waals surface area contributed by atoms with E-state index in [1.165, 1.54) is 17.5 Å². The number of hydrogen-bond acceptors (Lipinski definition) is 4. The van der Waals surface area contributed by atoms with Crippen LogP contribution in [0.5, 0.6) is 0 Å². The Hall–Kier alpha value is -2.60. The van der Waals surface area contributed by atoms with Crippen LogP contribution in [0.2, 0.25) is 0 Å². The second kappa shape index (κ2) is 8.39. The van der Waals surface area contributed by atoms with Crippen molar-refractivity contribution in [1.82, 2.24) is 4.98 Å². The minimum Gasteiger partial charge on any atom is -0.460 e. The Balaban J connectivity index is 1.80. The molecule has 1 aliphatic carbocycles. The highest BCUT2D eigenvalue weighted by Crippen LogP contribution is 2.28. The zero-order valence-electron chi connectivity index (χ0n) is 16.1. The number of benzene rings is 1. The first kappa shape index (κ1) is 19.2. The van der Waals surface area contributed by atoms with Crippen LogP contribution in [0.25, 0.3) is 0 Å². The van der Waals surface area contributed by atoms with Gasteiger partial charge in [-0.3, -0.25) is 4.79 Å². The quantitative estimate of drug-likeness (QED) is 0.602. The molecule has 1 aromatic carbocycles. The maximum absolute atomic E-state index is 12.9. The summed E-state index contributed by atoms with van der Waals surface area (Å²) in [5.74, 6) is -0.694. The molecule has 0 fully saturated rings. The van der Waals surface area contributed by atoms with Gasteiger partial charge in [-0.05, 0) is 62.3 Å². The Morgan fingerprint density at radius 2 is 1.93 bits per heavy atom. The third kappa shape index (κ3) is 4.06. The molecule has 0 spiro atoms. The lowest BCUT2D eigenvalue weighted by molar-refractivity contribution is 0.0387. The Morgan fingerprint density at radius 3 is 2.70 bits per heavy atom. The molecule has 3 rings (SSSR count). The largest absolute Gasteiger partial charge is 0.460 e. The van der Waals surface area contributed by atoms with Crippen LogP contribution in [-0.4, -0.2) is 37.2 Å². The number of carbonyl (C=O) groups is 2. The monoisotopic (exact) mass is 370 g/mol. The lowest BCUT2D eigenvalue weighted by Gasteiger charge is -2.19. The van der Waals surface area contributed by atoms with Crippen molar-refractivity contribution >= 4 is 17.6 Å². The van der Waals surface area contributed by atoms with Crippen LogP contribution >= 0.6 is 0 Å². The molecule has 1 aromatic heterocycles. The van der Waals surface area contributed by atoms with Crippen molar-refractivity contribution < 1.29 is 19.1 Å². The number of methoxy groups -OCH3 is 1. The van der Waals surface area contributed by atoms with Crippen LogP contribution < -0.4 is 5.32 Å². The number of fused-ring (bicyclic) bond motifs is 1. The maximum atomic E-state index is 12.9. The lowest BCUT2D eigenvalue weighted by Crippen LogP contribution is -2.17. The van der Waals surface area contributed by atoms with E-state index in [2.05, 4.69) is 16.4 Å². The van der Waals surface area contributed by atoms with Gasteiger partial charge >= 0.3 is 5.97 Å². The molecular formula is C21H26N2O4. The van der Waals surface area contributed by atoms with Gasteiger partial charge in [0.2, 0.25) is 0 Å². The number of carbonyl (C=O) groups excluding carboxylic acids is 2. The van der Waals surface area contributed by atoms with Gasteiger partial charge in [0.15, 0.2) is 0 Å². The topological polar surface area (TPSA) is 80.4 Å². The number of ether oxygens (including phenoxy) is 2. The summed E-state index contributed by atoms with van der Waals surface area (Å²) in [7, 11) is 1.55. The van der Waals surface area contributed by atoms with E-state index in [1.54, 1.807) is 21.0 Å². The third-order valence-corrected chi connectivity index (χ3v) is 5.03. The van der Waals surface area contributed by atoms with Gasteiger partial charge in [0.25, 0.3) is 5.91 Å². The number of aryl methyl sites for hydroxylation is 2. The van der Waals surface area contributed by atoms with E-state index in [-0.39, 0.29) is 12.5 Å². The van der Waals surface area contributed by atoms with Crippen molar-refractivity contribution in [2.45, 2.75) is 39.5 Å². The first-order chi connectivity index (χ1) is 13.0. The molecule has 0 radical (unpaired) electrons. The number of nitrogens with one attached hydrogen (secondary N) is 2. The number of aromatic amines is 1. The van der Waals surface area contributed by atoms with E-state index in [0.29, 0.717) is 29.1 Å². The van der Waals surface area contributed by atoms with Gasteiger partial charge in [0.05, 0.1) is 12.2 Å². The van der Waals surface area contributed by atoms with Gasteiger partial charge in [-0.2, -0.15) is 0 Å². The summed E-state index contributed by atoms with van der Waals surface area (Å²) in [4.78, 5) is 28.2. The summed E-state index contributed by atoms with van der Waals surface area (Å²) in [6.45, 7) is 4.03. The molecule has 1 aliphatic rings. The van der Waals surface area contributed by atoms with E-state index in [0.717, 1.165) is 24.9 Å². The highest BCUT2D eigenvalue weighted by Gasteiger charge is 2.24. The molecule has 6 heteroatoms. The standard InChI is InChI=1S/C21H26N2O4/c1-13-18(21(25)27-12-11-26-3)14(2)22-19(13)20(24)23-17-10-6-8-15-7-4-5-9-16(15)17/h6,8,10,22H,4-5,7,9,11-12H2,1-3H3,(H,23,24). The lowest BCUT2D eigenvalue weighted by atomic mass is 9.90. The number of esters is 1. The fraction of sp³-hybridized carbons (Fsp3) is 0.429. The average Bonchev–Trinajstić information content (AvgIpc) is 2.96. The van der Waals surface area contributed by atoms with Crippen LogP contribution in [-0.2, 0) is 22.3 Å². The van der Waals surface area contributed by atoms with E-state index in [1.807, 2.05) is 12.1 Å². The normalized spacial score (nSPS) is 13.1. The van der Waals surface area contributed by atoms with Crippen molar-refractivity contribution in [1.29, 1.82) is 0 Å². The van der Waals surface area contributed by atoms with Crippen molar-refractivity contribution in [2.24, 2.45) is 0 Å². The van der Waals surface area contributed by atoms with E-state index in [4.69, 9.17) is 9.47 Å². The number of aromatic nitrogens is 1. The molecule has 144 valence electrons. The van der Waals surface area contributed by atoms with Crippen molar-refractivity contribution in [3.8, 4) is 0 Å². The summed E-state index contributed by atoms with van der Waals surface area (Å²) in [6, 6.07) is 6.04. The highest BCUT2D eigenvalue weighted by molar-refractivity contribution is 6.07. The van der Waals surface area contributed by atoms with Crippen LogP contribution in [0.15, 0.2) is 18.2 Å². The molecule has 0 saturated carbocycles. The van der Waals surface area contributed by atoms with E-state index >= 15 is 0 Å². The number of H-pyrrole nitrogens is 1. The molecule has 27 heavy (non-hydrogen) atoms. The first-order valence-corrected chi connectivity index (χ1v) is 9.30. The second-order valence-corrected chi connectivity index (χ2v) is 6.86. The van der Waals surface area contributed by atoms with Gasteiger partial charge in [0, 0.05) is 18.5 Å². The molecule has 1 amide bonds. The Bertz CT molecular complexity index is 854. The van der Waals surface area contributed by atoms with Gasteiger partial charge in [-0.1, -0.05) is 12.1 Å². The molecule has 1 heterocycles. The van der Waals surface area contributed by atoms with Crippen molar-refractivity contribution in [2.75, 3.05) is 25.6 Å². The predicted octanol–water partition coefficient (Wildman–Crippen LogP) is 3.57. The number of amides is 1. The molecular weight excluding hydrogens is 344 g/mol. The molecule has 0 unspecified atom stereocenters. The number of rotatable bonds is 6. The molecule has 0 atom stereocenters. The van der Waals surface area contributed by atoms with Crippen molar-refractivity contribution in [3.05, 3.63) is 51.8 Å². The second-order valence-electron chi connectivity index (χ2n) is 6.86. The molecule has 0 saturated heterocycles. The Kier molecular flexibility index (Phi) is 5.96. The van der Waals surface area contributed by atoms with Crippen LogP contribution in [0, 0.1) is 13.8 Å². The minimum atomic E-state index is -0.450. The van der Waals surface area contributed by atoms with E-state index < -0.39 is 5.97 Å². The zero-order chi connectivity index (χ0) is 19.4. The maximum Gasteiger partial charge on any atom is 0.340 e. The van der Waals surface area contributed by atoms with Gasteiger partial charge < -0.3 is 19.8 Å². The third-order valence-electron chi connectivity index (χ3n) is 5.03. The summed E-state index contributed by atoms with van der Waals surface area (Å²) in [5.41, 5.74) is 5.39. The van der Waals surface area contributed by atoms with E-state index in [9.17, 15) is 9.59 Å².